The number of anilines is 1. The third kappa shape index (κ3) is 3.93. The molecule has 1 saturated heterocycles. The van der Waals surface area contributed by atoms with Crippen molar-refractivity contribution in [3.63, 3.8) is 0 Å². The molecule has 0 saturated carbocycles. The lowest BCUT2D eigenvalue weighted by atomic mass is 10.2. The minimum Gasteiger partial charge on any atom is -0.449 e. The van der Waals surface area contributed by atoms with Crippen LogP contribution in [-0.2, 0) is 9.53 Å². The lowest BCUT2D eigenvalue weighted by Crippen LogP contribution is -2.49. The van der Waals surface area contributed by atoms with Gasteiger partial charge in [0.15, 0.2) is 5.65 Å². The number of carbonyl (C=O) groups excluding carboxylic acids is 2. The van der Waals surface area contributed by atoms with Gasteiger partial charge in [0.2, 0.25) is 5.91 Å². The van der Waals surface area contributed by atoms with Crippen molar-refractivity contribution in [2.75, 3.05) is 37.7 Å². The van der Waals surface area contributed by atoms with E-state index in [2.05, 4.69) is 19.9 Å². The number of nitrogens with two attached hydrogens (primary N) is 1. The molecule has 1 aliphatic rings. The molecule has 2 aromatic rings. The monoisotopic (exact) mass is 358 g/mol. The van der Waals surface area contributed by atoms with Crippen LogP contribution >= 0.6 is 0 Å². The van der Waals surface area contributed by atoms with Crippen LogP contribution in [0.5, 0.6) is 0 Å². The van der Waals surface area contributed by atoms with Crippen LogP contribution in [0.15, 0.2) is 18.5 Å². The Bertz CT molecular complexity index is 823. The summed E-state index contributed by atoms with van der Waals surface area (Å²) >= 11 is 0. The average Bonchev–Trinajstić information content (AvgIpc) is 3.06. The molecule has 2 amide bonds. The largest absolute Gasteiger partial charge is 0.449 e. The van der Waals surface area contributed by atoms with Crippen molar-refractivity contribution in [1.82, 2.24) is 19.9 Å². The van der Waals surface area contributed by atoms with Crippen molar-refractivity contribution in [1.29, 1.82) is 0 Å². The lowest BCUT2D eigenvalue weighted by molar-refractivity contribution is -0.113. The molecule has 3 heterocycles. The first-order valence-corrected chi connectivity index (χ1v) is 8.56. The number of piperazine rings is 1. The van der Waals surface area contributed by atoms with Crippen molar-refractivity contribution < 1.29 is 14.3 Å². The van der Waals surface area contributed by atoms with Gasteiger partial charge in [-0.15, -0.1) is 0 Å². The molecule has 0 atom stereocenters. The SMILES string of the molecule is CCCOC(=O)N1CCN(c2cnc3[nH]cc(/C=C/C(N)=O)c3n2)CC1. The van der Waals surface area contributed by atoms with Gasteiger partial charge >= 0.3 is 6.09 Å². The molecule has 0 radical (unpaired) electrons. The molecule has 3 rings (SSSR count). The maximum Gasteiger partial charge on any atom is 0.409 e. The van der Waals surface area contributed by atoms with E-state index in [-0.39, 0.29) is 6.09 Å². The maximum atomic E-state index is 11.9. The number of hydrogen-bond donors (Lipinski definition) is 2. The molecule has 0 bridgehead atoms. The van der Waals surface area contributed by atoms with Crippen molar-refractivity contribution in [2.24, 2.45) is 5.73 Å². The van der Waals surface area contributed by atoms with Gasteiger partial charge in [0, 0.05) is 44.0 Å². The second kappa shape index (κ2) is 7.85. The summed E-state index contributed by atoms with van der Waals surface area (Å²) in [7, 11) is 0. The number of nitrogens with zero attached hydrogens (tertiary/aromatic N) is 4. The Morgan fingerprint density at radius 1 is 1.35 bits per heavy atom. The van der Waals surface area contributed by atoms with Crippen LogP contribution in [0.25, 0.3) is 17.2 Å². The summed E-state index contributed by atoms with van der Waals surface area (Å²) in [6.45, 7) is 4.86. The molecular weight excluding hydrogens is 336 g/mol. The highest BCUT2D eigenvalue weighted by Crippen LogP contribution is 2.20. The molecule has 3 N–H and O–H groups in total. The Balaban J connectivity index is 1.70. The summed E-state index contributed by atoms with van der Waals surface area (Å²) in [5.41, 5.74) is 7.20. The first-order valence-electron chi connectivity index (χ1n) is 8.56. The van der Waals surface area contributed by atoms with E-state index in [1.165, 1.54) is 6.08 Å². The van der Waals surface area contributed by atoms with Gasteiger partial charge < -0.3 is 25.3 Å². The fourth-order valence-electron chi connectivity index (χ4n) is 2.75. The van der Waals surface area contributed by atoms with Crippen molar-refractivity contribution in [2.45, 2.75) is 13.3 Å². The fourth-order valence-corrected chi connectivity index (χ4v) is 2.75. The van der Waals surface area contributed by atoms with E-state index in [4.69, 9.17) is 10.5 Å². The second-order valence-electron chi connectivity index (χ2n) is 5.99. The third-order valence-corrected chi connectivity index (χ3v) is 4.12. The van der Waals surface area contributed by atoms with Crippen LogP contribution in [-0.4, -0.2) is 64.6 Å². The quantitative estimate of drug-likeness (QED) is 0.774. The van der Waals surface area contributed by atoms with E-state index in [1.54, 1.807) is 23.4 Å². The maximum absolute atomic E-state index is 11.9. The highest BCUT2D eigenvalue weighted by Gasteiger charge is 2.23. The Labute approximate surface area is 150 Å². The molecule has 2 aromatic heterocycles. The van der Waals surface area contributed by atoms with Crippen LogP contribution < -0.4 is 10.6 Å². The Kier molecular flexibility index (Phi) is 5.35. The van der Waals surface area contributed by atoms with Crippen LogP contribution in [0.1, 0.15) is 18.9 Å². The number of hydrogen-bond acceptors (Lipinski definition) is 6. The van der Waals surface area contributed by atoms with Gasteiger partial charge in [0.1, 0.15) is 11.3 Å². The molecule has 0 unspecified atom stereocenters. The zero-order valence-electron chi connectivity index (χ0n) is 14.6. The summed E-state index contributed by atoms with van der Waals surface area (Å²) in [6.07, 6.45) is 6.88. The van der Waals surface area contributed by atoms with E-state index in [0.717, 1.165) is 17.8 Å². The smallest absolute Gasteiger partial charge is 0.409 e. The number of aromatic amines is 1. The number of carbonyl (C=O) groups is 2. The normalized spacial score (nSPS) is 15.0. The predicted molar refractivity (Wildman–Crippen MR) is 97.5 cm³/mol. The highest BCUT2D eigenvalue weighted by atomic mass is 16.6. The van der Waals surface area contributed by atoms with E-state index >= 15 is 0 Å². The molecule has 0 aromatic carbocycles. The molecule has 0 aliphatic carbocycles. The molecule has 0 spiro atoms. The number of H-pyrrole nitrogens is 1. The van der Waals surface area contributed by atoms with Crippen LogP contribution in [0.4, 0.5) is 10.6 Å². The Hall–Kier alpha value is -3.10. The average molecular weight is 358 g/mol. The van der Waals surface area contributed by atoms with Gasteiger partial charge in [-0.05, 0) is 12.5 Å². The summed E-state index contributed by atoms with van der Waals surface area (Å²) in [5, 5.41) is 0. The number of primary amides is 1. The number of aromatic nitrogens is 3. The second-order valence-corrected chi connectivity index (χ2v) is 5.99. The van der Waals surface area contributed by atoms with Crippen LogP contribution in [0.3, 0.4) is 0 Å². The summed E-state index contributed by atoms with van der Waals surface area (Å²) < 4.78 is 5.17. The van der Waals surface area contributed by atoms with Gasteiger partial charge in [-0.1, -0.05) is 6.92 Å². The van der Waals surface area contributed by atoms with Crippen molar-refractivity contribution >= 4 is 35.1 Å². The van der Waals surface area contributed by atoms with E-state index < -0.39 is 5.91 Å². The molecule has 26 heavy (non-hydrogen) atoms. The van der Waals surface area contributed by atoms with Gasteiger partial charge in [-0.25, -0.2) is 14.8 Å². The fraction of sp³-hybridized carbons (Fsp3) is 0.412. The van der Waals surface area contributed by atoms with Gasteiger partial charge in [0.05, 0.1) is 12.8 Å². The summed E-state index contributed by atoms with van der Waals surface area (Å²) in [5.74, 6) is 0.210. The number of rotatable bonds is 5. The standard InChI is InChI=1S/C17H22N6O3/c1-2-9-26-17(25)23-7-5-22(6-8-23)14-11-20-16-15(21-14)12(10-19-16)3-4-13(18)24/h3-4,10-11H,2,5-9H2,1H3,(H2,18,24)(H,19,20)/b4-3+. The van der Waals surface area contributed by atoms with E-state index in [0.29, 0.717) is 43.9 Å². The lowest BCUT2D eigenvalue weighted by Gasteiger charge is -2.34. The Morgan fingerprint density at radius 2 is 2.12 bits per heavy atom. The first kappa shape index (κ1) is 17.7. The zero-order valence-corrected chi connectivity index (χ0v) is 14.6. The van der Waals surface area contributed by atoms with E-state index in [1.807, 2.05) is 6.92 Å². The third-order valence-electron chi connectivity index (χ3n) is 4.12. The topological polar surface area (TPSA) is 117 Å². The van der Waals surface area contributed by atoms with E-state index in [9.17, 15) is 9.59 Å². The molecular formula is C17H22N6O3. The number of ether oxygens (including phenoxy) is 1. The first-order chi connectivity index (χ1) is 12.6. The Morgan fingerprint density at radius 3 is 2.81 bits per heavy atom. The summed E-state index contributed by atoms with van der Waals surface area (Å²) in [6, 6.07) is 0. The minimum absolute atomic E-state index is 0.266. The molecule has 138 valence electrons. The molecule has 9 heteroatoms. The molecule has 1 aliphatic heterocycles. The number of amides is 2. The van der Waals surface area contributed by atoms with Crippen LogP contribution in [0.2, 0.25) is 0 Å². The van der Waals surface area contributed by atoms with Gasteiger partial charge in [-0.3, -0.25) is 4.79 Å². The van der Waals surface area contributed by atoms with Crippen LogP contribution in [0, 0.1) is 0 Å². The van der Waals surface area contributed by atoms with Gasteiger partial charge in [0.25, 0.3) is 0 Å². The number of nitrogens with one attached hydrogen (secondary N) is 1. The molecule has 9 nitrogen and oxygen atoms in total. The predicted octanol–water partition coefficient (Wildman–Crippen LogP) is 1.12. The zero-order chi connectivity index (χ0) is 18.5. The minimum atomic E-state index is -0.519. The van der Waals surface area contributed by atoms with Crippen molar-refractivity contribution in [3.05, 3.63) is 24.0 Å². The van der Waals surface area contributed by atoms with Gasteiger partial charge in [-0.2, -0.15) is 0 Å². The molecule has 1 fully saturated rings. The van der Waals surface area contributed by atoms with Crippen molar-refractivity contribution in [3.8, 4) is 0 Å². The highest BCUT2D eigenvalue weighted by molar-refractivity contribution is 5.93. The summed E-state index contributed by atoms with van der Waals surface area (Å²) in [4.78, 5) is 38.7. The number of fused-ring (bicyclic) bond motifs is 1.